The normalized spacial score (nSPS) is 12.2. The first kappa shape index (κ1) is 23.0. The molecule has 0 unspecified atom stereocenters. The van der Waals surface area contributed by atoms with E-state index in [0.717, 1.165) is 0 Å². The number of aromatic nitrogens is 1. The van der Waals surface area contributed by atoms with Gasteiger partial charge in [0, 0.05) is 11.8 Å². The average molecular weight is 464 g/mol. The molecule has 0 spiro atoms. The van der Waals surface area contributed by atoms with Crippen molar-refractivity contribution in [2.45, 2.75) is 36.5 Å². The van der Waals surface area contributed by atoms with Crippen LogP contribution in [0.2, 0.25) is 0 Å². The summed E-state index contributed by atoms with van der Waals surface area (Å²) >= 11 is 0. The van der Waals surface area contributed by atoms with Gasteiger partial charge in [-0.05, 0) is 49.2 Å². The molecule has 3 aromatic rings. The lowest BCUT2D eigenvalue weighted by atomic mass is 10.1. The molecule has 0 N–H and O–H groups in total. The molecule has 3 rings (SSSR count). The fraction of sp³-hybridized carbons (Fsp3) is 0.318. The fourth-order valence-corrected chi connectivity index (χ4v) is 7.56. The van der Waals surface area contributed by atoms with Crippen molar-refractivity contribution in [3.63, 3.8) is 0 Å². The standard InChI is InChI=1S/C22H25NO6S2/c1-4-14-30(25,26)21-18-8-6-7-13-23(18)19(22(21)31(27,28)15-5-2)20(24)16-9-11-17(29-3)12-10-16/h6-13H,4-5,14-15H2,1-3H3. The predicted octanol–water partition coefficient (Wildman–Crippen LogP) is 3.55. The van der Waals surface area contributed by atoms with Gasteiger partial charge in [0.1, 0.15) is 21.2 Å². The number of sulfone groups is 2. The summed E-state index contributed by atoms with van der Waals surface area (Å²) in [6, 6.07) is 11.0. The molecule has 9 heteroatoms. The molecule has 7 nitrogen and oxygen atoms in total. The number of benzene rings is 1. The van der Waals surface area contributed by atoms with Crippen molar-refractivity contribution in [3.05, 3.63) is 59.9 Å². The zero-order chi connectivity index (χ0) is 22.8. The van der Waals surface area contributed by atoms with E-state index in [2.05, 4.69) is 0 Å². The van der Waals surface area contributed by atoms with Crippen LogP contribution in [0.3, 0.4) is 0 Å². The number of pyridine rings is 1. The van der Waals surface area contributed by atoms with E-state index in [1.54, 1.807) is 38.1 Å². The maximum Gasteiger partial charge on any atom is 0.211 e. The highest BCUT2D eigenvalue weighted by atomic mass is 32.2. The molecule has 0 fully saturated rings. The van der Waals surface area contributed by atoms with Crippen molar-refractivity contribution in [3.8, 4) is 5.75 Å². The molecule has 0 bridgehead atoms. The van der Waals surface area contributed by atoms with E-state index < -0.39 is 30.4 Å². The van der Waals surface area contributed by atoms with Crippen LogP contribution in [-0.2, 0) is 19.7 Å². The van der Waals surface area contributed by atoms with Gasteiger partial charge in [-0.15, -0.1) is 0 Å². The molecule has 0 saturated carbocycles. The van der Waals surface area contributed by atoms with Crippen LogP contribution in [0.1, 0.15) is 42.7 Å². The SMILES string of the molecule is CCCS(=O)(=O)c1c(S(=O)(=O)CCC)c2ccccn2c1C(=O)c1ccc(OC)cc1. The van der Waals surface area contributed by atoms with E-state index in [-0.39, 0.29) is 39.6 Å². The highest BCUT2D eigenvalue weighted by Crippen LogP contribution is 2.35. The van der Waals surface area contributed by atoms with Crippen LogP contribution in [0.25, 0.3) is 5.52 Å². The molecule has 2 heterocycles. The van der Waals surface area contributed by atoms with Crippen LogP contribution in [0, 0.1) is 0 Å². The van der Waals surface area contributed by atoms with Gasteiger partial charge in [-0.2, -0.15) is 0 Å². The summed E-state index contributed by atoms with van der Waals surface area (Å²) in [5.74, 6) is -0.508. The Morgan fingerprint density at radius 3 is 2.00 bits per heavy atom. The summed E-state index contributed by atoms with van der Waals surface area (Å²) in [6.07, 6.45) is 2.13. The van der Waals surface area contributed by atoms with Crippen LogP contribution in [0.5, 0.6) is 5.75 Å². The molecule has 0 saturated heterocycles. The third kappa shape index (κ3) is 4.24. The highest BCUT2D eigenvalue weighted by molar-refractivity contribution is 7.94. The van der Waals surface area contributed by atoms with Gasteiger partial charge in [0.05, 0.1) is 24.1 Å². The Morgan fingerprint density at radius 2 is 1.45 bits per heavy atom. The molecule has 0 amide bonds. The molecule has 0 aliphatic heterocycles. The highest BCUT2D eigenvalue weighted by Gasteiger charge is 2.37. The molecular weight excluding hydrogens is 438 g/mol. The first-order valence-corrected chi connectivity index (χ1v) is 13.3. The Balaban J connectivity index is 2.43. The Morgan fingerprint density at radius 1 is 0.871 bits per heavy atom. The molecule has 1 aromatic carbocycles. The molecule has 31 heavy (non-hydrogen) atoms. The lowest BCUT2D eigenvalue weighted by molar-refractivity contribution is 0.103. The number of rotatable bonds is 9. The van der Waals surface area contributed by atoms with Gasteiger partial charge >= 0.3 is 0 Å². The van der Waals surface area contributed by atoms with E-state index in [1.807, 2.05) is 0 Å². The summed E-state index contributed by atoms with van der Waals surface area (Å²) in [7, 11) is -6.50. The fourth-order valence-electron chi connectivity index (χ4n) is 3.58. The molecular formula is C22H25NO6S2. The van der Waals surface area contributed by atoms with Gasteiger partial charge in [-0.3, -0.25) is 4.79 Å². The molecule has 0 aliphatic rings. The first-order chi connectivity index (χ1) is 14.7. The number of hydrogen-bond acceptors (Lipinski definition) is 6. The Labute approximate surface area is 182 Å². The van der Waals surface area contributed by atoms with E-state index in [4.69, 9.17) is 4.74 Å². The third-order valence-electron chi connectivity index (χ3n) is 4.89. The summed E-state index contributed by atoms with van der Waals surface area (Å²) in [5, 5.41) is 0. The van der Waals surface area contributed by atoms with Crippen molar-refractivity contribution in [1.82, 2.24) is 4.40 Å². The lowest BCUT2D eigenvalue weighted by Gasteiger charge is -2.09. The van der Waals surface area contributed by atoms with Crippen LogP contribution in [-0.4, -0.2) is 45.6 Å². The van der Waals surface area contributed by atoms with E-state index in [0.29, 0.717) is 12.2 Å². The number of hydrogen-bond donors (Lipinski definition) is 0. The quantitative estimate of drug-likeness (QED) is 0.450. The number of carbonyl (C=O) groups is 1. The zero-order valence-electron chi connectivity index (χ0n) is 17.7. The minimum atomic E-state index is -4.05. The largest absolute Gasteiger partial charge is 0.497 e. The van der Waals surface area contributed by atoms with Crippen LogP contribution in [0.4, 0.5) is 0 Å². The summed E-state index contributed by atoms with van der Waals surface area (Å²) in [4.78, 5) is 12.8. The zero-order valence-corrected chi connectivity index (χ0v) is 19.3. The third-order valence-corrected chi connectivity index (χ3v) is 8.97. The summed E-state index contributed by atoms with van der Waals surface area (Å²) in [6.45, 7) is 3.40. The molecule has 166 valence electrons. The van der Waals surface area contributed by atoms with Gasteiger partial charge in [-0.1, -0.05) is 19.9 Å². The molecule has 0 aliphatic carbocycles. The lowest BCUT2D eigenvalue weighted by Crippen LogP contribution is -2.17. The monoisotopic (exact) mass is 463 g/mol. The average Bonchev–Trinajstić information content (AvgIpc) is 3.10. The smallest absolute Gasteiger partial charge is 0.211 e. The van der Waals surface area contributed by atoms with Gasteiger partial charge in [0.25, 0.3) is 0 Å². The van der Waals surface area contributed by atoms with Gasteiger partial charge in [0.15, 0.2) is 19.7 Å². The second-order valence-corrected chi connectivity index (χ2v) is 11.3. The maximum absolute atomic E-state index is 13.5. The van der Waals surface area contributed by atoms with Gasteiger partial charge in [0.2, 0.25) is 5.78 Å². The Bertz CT molecular complexity index is 1320. The van der Waals surface area contributed by atoms with Crippen molar-refractivity contribution < 1.29 is 26.4 Å². The molecule has 0 radical (unpaired) electrons. The Kier molecular flexibility index (Phi) is 6.56. The van der Waals surface area contributed by atoms with E-state index in [1.165, 1.54) is 35.9 Å². The minimum Gasteiger partial charge on any atom is -0.497 e. The van der Waals surface area contributed by atoms with Crippen LogP contribution >= 0.6 is 0 Å². The topological polar surface area (TPSA) is 99.0 Å². The number of nitrogens with zero attached hydrogens (tertiary/aromatic N) is 1. The van der Waals surface area contributed by atoms with Crippen molar-refractivity contribution in [1.29, 1.82) is 0 Å². The number of methoxy groups -OCH3 is 1. The summed E-state index contributed by atoms with van der Waals surface area (Å²) in [5.41, 5.74) is 0.253. The predicted molar refractivity (Wildman–Crippen MR) is 119 cm³/mol. The number of ether oxygens (including phenoxy) is 1. The number of fused-ring (bicyclic) bond motifs is 1. The van der Waals surface area contributed by atoms with Crippen LogP contribution in [0.15, 0.2) is 58.5 Å². The first-order valence-electron chi connectivity index (χ1n) is 9.95. The molecule has 2 aromatic heterocycles. The minimum absolute atomic E-state index is 0.163. The van der Waals surface area contributed by atoms with Crippen LogP contribution < -0.4 is 4.74 Å². The van der Waals surface area contributed by atoms with Gasteiger partial charge < -0.3 is 9.14 Å². The van der Waals surface area contributed by atoms with Crippen molar-refractivity contribution >= 4 is 31.0 Å². The second-order valence-electron chi connectivity index (χ2n) is 7.16. The number of ketones is 1. The molecule has 0 atom stereocenters. The van der Waals surface area contributed by atoms with E-state index >= 15 is 0 Å². The van der Waals surface area contributed by atoms with Crippen molar-refractivity contribution in [2.75, 3.05) is 18.6 Å². The van der Waals surface area contributed by atoms with Gasteiger partial charge in [-0.25, -0.2) is 16.8 Å². The maximum atomic E-state index is 13.5. The number of carbonyl (C=O) groups excluding carboxylic acids is 1. The Hall–Kier alpha value is -2.65. The second kappa shape index (κ2) is 8.84. The summed E-state index contributed by atoms with van der Waals surface area (Å²) < 4.78 is 59.4. The van der Waals surface area contributed by atoms with E-state index in [9.17, 15) is 21.6 Å². The van der Waals surface area contributed by atoms with Crippen molar-refractivity contribution in [2.24, 2.45) is 0 Å².